The van der Waals surface area contributed by atoms with Crippen LogP contribution in [0.15, 0.2) is 24.3 Å². The molecule has 1 aliphatic carbocycles. The molecule has 1 atom stereocenters. The van der Waals surface area contributed by atoms with E-state index in [0.29, 0.717) is 5.56 Å². The fourth-order valence-corrected chi connectivity index (χ4v) is 3.02. The zero-order chi connectivity index (χ0) is 18.0. The van der Waals surface area contributed by atoms with Gasteiger partial charge in [0.05, 0.1) is 5.56 Å². The molecule has 1 aliphatic rings. The zero-order valence-electron chi connectivity index (χ0n) is 13.4. The molecule has 1 unspecified atom stereocenters. The second-order valence-corrected chi connectivity index (χ2v) is 6.63. The number of benzene rings is 1. The van der Waals surface area contributed by atoms with Crippen LogP contribution in [0.3, 0.4) is 0 Å². The zero-order valence-corrected chi connectivity index (χ0v) is 13.4. The van der Waals surface area contributed by atoms with Gasteiger partial charge < -0.3 is 15.5 Å². The molecule has 0 spiro atoms. The number of carboxylic acid groups (broad SMARTS) is 1. The Hall–Kier alpha value is -1.60. The van der Waals surface area contributed by atoms with E-state index in [1.807, 2.05) is 0 Å². The molecule has 24 heavy (non-hydrogen) atoms. The number of nitrogens with one attached hydrogen (secondary N) is 1. The Morgan fingerprint density at radius 2 is 1.88 bits per heavy atom. The molecular weight excluding hydrogens is 323 g/mol. The van der Waals surface area contributed by atoms with Crippen LogP contribution in [0, 0.1) is 0 Å². The van der Waals surface area contributed by atoms with Crippen LogP contribution in [0.4, 0.5) is 13.2 Å². The molecule has 0 saturated heterocycles. The Labute approximate surface area is 138 Å². The first-order valence-corrected chi connectivity index (χ1v) is 7.96. The standard InChI is InChI=1S/C17H22F3NO3/c1-16(24,15(22)23)10-21-14-7-5-11(6-8-14)12-3-2-4-13(9-12)17(18,19)20/h2-4,9,11,14,21,24H,5-8,10H2,1H3,(H,22,23). The van der Waals surface area contributed by atoms with Crippen molar-refractivity contribution in [2.75, 3.05) is 6.54 Å². The SMILES string of the molecule is CC(O)(CNC1CCC(c2cccc(C(F)(F)F)c2)CC1)C(=O)O. The molecule has 134 valence electrons. The van der Waals surface area contributed by atoms with Crippen LogP contribution in [-0.4, -0.2) is 34.4 Å². The van der Waals surface area contributed by atoms with Gasteiger partial charge >= 0.3 is 12.1 Å². The van der Waals surface area contributed by atoms with E-state index in [1.54, 1.807) is 6.07 Å². The highest BCUT2D eigenvalue weighted by molar-refractivity contribution is 5.76. The lowest BCUT2D eigenvalue weighted by Gasteiger charge is -2.31. The lowest BCUT2D eigenvalue weighted by molar-refractivity contribution is -0.156. The van der Waals surface area contributed by atoms with Crippen molar-refractivity contribution in [1.82, 2.24) is 5.32 Å². The lowest BCUT2D eigenvalue weighted by atomic mass is 9.81. The number of carbonyl (C=O) groups is 1. The van der Waals surface area contributed by atoms with Crippen molar-refractivity contribution in [3.05, 3.63) is 35.4 Å². The van der Waals surface area contributed by atoms with Crippen LogP contribution in [0.1, 0.15) is 49.7 Å². The minimum Gasteiger partial charge on any atom is -0.479 e. The summed E-state index contributed by atoms with van der Waals surface area (Å²) < 4.78 is 38.4. The molecule has 2 rings (SSSR count). The summed E-state index contributed by atoms with van der Waals surface area (Å²) in [6.07, 6.45) is -1.41. The summed E-state index contributed by atoms with van der Waals surface area (Å²) in [6.45, 7) is 1.18. The maximum atomic E-state index is 12.8. The van der Waals surface area contributed by atoms with Gasteiger partial charge in [0, 0.05) is 12.6 Å². The largest absolute Gasteiger partial charge is 0.479 e. The molecule has 0 radical (unpaired) electrons. The number of halogens is 3. The molecule has 7 heteroatoms. The van der Waals surface area contributed by atoms with Crippen LogP contribution < -0.4 is 5.32 Å². The molecule has 1 aromatic rings. The first kappa shape index (κ1) is 18.7. The Morgan fingerprint density at radius 3 is 2.42 bits per heavy atom. The predicted molar refractivity (Wildman–Crippen MR) is 82.7 cm³/mol. The van der Waals surface area contributed by atoms with Gasteiger partial charge in [0.15, 0.2) is 5.60 Å². The summed E-state index contributed by atoms with van der Waals surface area (Å²) in [5.41, 5.74) is -1.75. The maximum Gasteiger partial charge on any atom is 0.416 e. The average Bonchev–Trinajstić information content (AvgIpc) is 2.53. The smallest absolute Gasteiger partial charge is 0.416 e. The summed E-state index contributed by atoms with van der Waals surface area (Å²) in [7, 11) is 0. The third-order valence-corrected chi connectivity index (χ3v) is 4.61. The topological polar surface area (TPSA) is 69.6 Å². The van der Waals surface area contributed by atoms with Crippen LogP contribution >= 0.6 is 0 Å². The first-order chi connectivity index (χ1) is 11.1. The molecule has 0 aromatic heterocycles. The quantitative estimate of drug-likeness (QED) is 0.767. The van der Waals surface area contributed by atoms with Gasteiger partial charge in [-0.3, -0.25) is 0 Å². The van der Waals surface area contributed by atoms with E-state index in [2.05, 4.69) is 5.32 Å². The molecule has 3 N–H and O–H groups in total. The van der Waals surface area contributed by atoms with Crippen molar-refractivity contribution < 1.29 is 28.2 Å². The minimum atomic E-state index is -4.34. The highest BCUT2D eigenvalue weighted by Gasteiger charge is 2.33. The Morgan fingerprint density at radius 1 is 1.25 bits per heavy atom. The van der Waals surface area contributed by atoms with E-state index in [-0.39, 0.29) is 18.5 Å². The van der Waals surface area contributed by atoms with Gasteiger partial charge in [-0.05, 0) is 50.2 Å². The van der Waals surface area contributed by atoms with Gasteiger partial charge in [-0.15, -0.1) is 0 Å². The molecule has 4 nitrogen and oxygen atoms in total. The Balaban J connectivity index is 1.90. The van der Waals surface area contributed by atoms with Crippen molar-refractivity contribution in [2.45, 2.75) is 56.3 Å². The number of aliphatic carboxylic acids is 1. The lowest BCUT2D eigenvalue weighted by Crippen LogP contribution is -2.48. The second kappa shape index (κ2) is 7.11. The molecule has 1 fully saturated rings. The fourth-order valence-electron chi connectivity index (χ4n) is 3.02. The van der Waals surface area contributed by atoms with Crippen molar-refractivity contribution in [3.63, 3.8) is 0 Å². The van der Waals surface area contributed by atoms with Gasteiger partial charge in [0.2, 0.25) is 0 Å². The molecule has 0 bridgehead atoms. The molecule has 0 aliphatic heterocycles. The normalized spacial score (nSPS) is 24.4. The molecule has 0 heterocycles. The van der Waals surface area contributed by atoms with Crippen molar-refractivity contribution in [2.24, 2.45) is 0 Å². The number of hydrogen-bond donors (Lipinski definition) is 3. The van der Waals surface area contributed by atoms with E-state index < -0.39 is 23.3 Å². The van der Waals surface area contributed by atoms with Crippen LogP contribution in [0.25, 0.3) is 0 Å². The summed E-state index contributed by atoms with van der Waals surface area (Å²) in [5.74, 6) is -1.21. The van der Waals surface area contributed by atoms with Gasteiger partial charge in [0.25, 0.3) is 0 Å². The number of aliphatic hydroxyl groups is 1. The van der Waals surface area contributed by atoms with Crippen LogP contribution in [0.5, 0.6) is 0 Å². The number of rotatable bonds is 5. The van der Waals surface area contributed by atoms with Crippen LogP contribution in [0.2, 0.25) is 0 Å². The summed E-state index contributed by atoms with van der Waals surface area (Å²) in [6, 6.07) is 5.52. The Bertz CT molecular complexity index is 579. The average molecular weight is 345 g/mol. The van der Waals surface area contributed by atoms with Crippen molar-refractivity contribution in [1.29, 1.82) is 0 Å². The monoisotopic (exact) mass is 345 g/mol. The maximum absolute atomic E-state index is 12.8. The number of carboxylic acids is 1. The van der Waals surface area contributed by atoms with E-state index in [4.69, 9.17) is 5.11 Å². The van der Waals surface area contributed by atoms with E-state index in [9.17, 15) is 23.1 Å². The molecule has 0 amide bonds. The third kappa shape index (κ3) is 4.70. The Kier molecular flexibility index (Phi) is 5.55. The highest BCUT2D eigenvalue weighted by atomic mass is 19.4. The summed E-state index contributed by atoms with van der Waals surface area (Å²) in [4.78, 5) is 10.9. The van der Waals surface area contributed by atoms with Crippen molar-refractivity contribution in [3.8, 4) is 0 Å². The predicted octanol–water partition coefficient (Wildman–Crippen LogP) is 3.16. The summed E-state index contributed by atoms with van der Waals surface area (Å²) in [5, 5.41) is 21.6. The molecule has 1 aromatic carbocycles. The van der Waals surface area contributed by atoms with Crippen molar-refractivity contribution >= 4 is 5.97 Å². The highest BCUT2D eigenvalue weighted by Crippen LogP contribution is 2.36. The van der Waals surface area contributed by atoms with Gasteiger partial charge in [-0.25, -0.2) is 4.79 Å². The fraction of sp³-hybridized carbons (Fsp3) is 0.588. The van der Waals surface area contributed by atoms with E-state index >= 15 is 0 Å². The van der Waals surface area contributed by atoms with Crippen LogP contribution in [-0.2, 0) is 11.0 Å². The summed E-state index contributed by atoms with van der Waals surface area (Å²) >= 11 is 0. The first-order valence-electron chi connectivity index (χ1n) is 7.96. The van der Waals surface area contributed by atoms with E-state index in [1.165, 1.54) is 19.1 Å². The van der Waals surface area contributed by atoms with Gasteiger partial charge in [-0.1, -0.05) is 18.2 Å². The van der Waals surface area contributed by atoms with E-state index in [0.717, 1.165) is 31.7 Å². The van der Waals surface area contributed by atoms with Gasteiger partial charge in [-0.2, -0.15) is 13.2 Å². The molecular formula is C17H22F3NO3. The third-order valence-electron chi connectivity index (χ3n) is 4.61. The number of alkyl halides is 3. The van der Waals surface area contributed by atoms with Gasteiger partial charge in [0.1, 0.15) is 0 Å². The minimum absolute atomic E-state index is 0.0543. The second-order valence-electron chi connectivity index (χ2n) is 6.63. The molecule has 1 saturated carbocycles. The number of hydrogen-bond acceptors (Lipinski definition) is 3.